The summed E-state index contributed by atoms with van der Waals surface area (Å²) in [6.45, 7) is 6.70. The second-order valence-corrected chi connectivity index (χ2v) is 11.0. The molecule has 0 spiro atoms. The summed E-state index contributed by atoms with van der Waals surface area (Å²) in [4.78, 5) is 43.8. The van der Waals surface area contributed by atoms with Gasteiger partial charge < -0.3 is 25.3 Å². The molecule has 0 aliphatic carbocycles. The second kappa shape index (κ2) is 9.93. The number of nitrogens with one attached hydrogen (secondary N) is 1. The number of hydrogen-bond donors (Lipinski definition) is 3. The van der Waals surface area contributed by atoms with Gasteiger partial charge in [0.1, 0.15) is 5.70 Å². The molecule has 3 N–H and O–H groups in total. The van der Waals surface area contributed by atoms with Crippen molar-refractivity contribution >= 4 is 29.5 Å². The Morgan fingerprint density at radius 3 is 2.61 bits per heavy atom. The third kappa shape index (κ3) is 4.42. The third-order valence-corrected chi connectivity index (χ3v) is 8.98. The number of nitrogens with zero attached hydrogens (tertiary/aromatic N) is 3. The zero-order valence-electron chi connectivity index (χ0n) is 19.2. The van der Waals surface area contributed by atoms with E-state index in [-0.39, 0.29) is 48.2 Å². The van der Waals surface area contributed by atoms with Crippen molar-refractivity contribution < 1.29 is 24.6 Å². The van der Waals surface area contributed by atoms with E-state index in [1.54, 1.807) is 6.92 Å². The fourth-order valence-corrected chi connectivity index (χ4v) is 7.48. The summed E-state index contributed by atoms with van der Waals surface area (Å²) in [5, 5.41) is 23.1. The quantitative estimate of drug-likeness (QED) is 0.454. The molecule has 2 amide bonds. The number of amides is 2. The lowest BCUT2D eigenvalue weighted by atomic mass is 9.79. The average molecular weight is 483 g/mol. The molecule has 4 heterocycles. The van der Waals surface area contributed by atoms with Gasteiger partial charge in [-0.2, -0.15) is 0 Å². The van der Waals surface area contributed by atoms with Gasteiger partial charge in [-0.05, 0) is 46.3 Å². The maximum absolute atomic E-state index is 13.2. The Bertz CT molecular complexity index is 834. The summed E-state index contributed by atoms with van der Waals surface area (Å²) in [5.41, 5.74) is 0.0567. The van der Waals surface area contributed by atoms with Gasteiger partial charge in [-0.1, -0.05) is 14.4 Å². The number of aliphatic hydroxyl groups excluding tert-OH is 1. The predicted molar refractivity (Wildman–Crippen MR) is 127 cm³/mol. The number of fused-ring (bicyclic) bond motifs is 1. The summed E-state index contributed by atoms with van der Waals surface area (Å²) in [5.74, 6) is -1.47. The Balaban J connectivity index is 0.00000306. The van der Waals surface area contributed by atoms with Gasteiger partial charge in [-0.25, -0.2) is 4.79 Å². The highest BCUT2D eigenvalue weighted by Crippen LogP contribution is 2.52. The SMILES string of the molecule is C.CNC[C@H]1CCN(C(=O)[C@@H]2CC(SC3=C(C(=O)O)N4C(=O)C(C(C)O)C4C3C)CN2C)C1. The number of carboxylic acid groups (broad SMARTS) is 1. The Labute approximate surface area is 200 Å². The highest BCUT2D eigenvalue weighted by atomic mass is 32.2. The highest BCUT2D eigenvalue weighted by molar-refractivity contribution is 8.03. The summed E-state index contributed by atoms with van der Waals surface area (Å²) in [6, 6.07) is -0.503. The standard InChI is InChI=1S/C22H34N4O5S.CH4/c1-11-17-16(12(2)27)21(29)26(17)18(22(30)31)19(11)32-14-7-15(24(4)10-14)20(28)25-6-5-13(9-25)8-23-3;/h11-17,23,27H,5-10H2,1-4H3,(H,30,31);1H4/t11?,12?,13-,14?,15+,16?,17?;/m1./s1. The molecule has 0 saturated carbocycles. The van der Waals surface area contributed by atoms with Crippen LogP contribution in [0.15, 0.2) is 10.6 Å². The van der Waals surface area contributed by atoms with Crippen LogP contribution in [0.5, 0.6) is 0 Å². The molecule has 33 heavy (non-hydrogen) atoms. The summed E-state index contributed by atoms with van der Waals surface area (Å²) >= 11 is 1.50. The van der Waals surface area contributed by atoms with Crippen molar-refractivity contribution in [1.29, 1.82) is 0 Å². The Morgan fingerprint density at radius 1 is 1.30 bits per heavy atom. The van der Waals surface area contributed by atoms with Gasteiger partial charge in [0.25, 0.3) is 0 Å². The average Bonchev–Trinajstić information content (AvgIpc) is 3.38. The molecule has 0 aromatic rings. The van der Waals surface area contributed by atoms with Gasteiger partial charge in [-0.15, -0.1) is 11.8 Å². The van der Waals surface area contributed by atoms with E-state index < -0.39 is 18.0 Å². The van der Waals surface area contributed by atoms with Crippen molar-refractivity contribution in [3.63, 3.8) is 0 Å². The smallest absolute Gasteiger partial charge is 0.353 e. The molecule has 0 aromatic carbocycles. The van der Waals surface area contributed by atoms with Crippen molar-refractivity contribution in [3.05, 3.63) is 10.6 Å². The third-order valence-electron chi connectivity index (χ3n) is 7.49. The molecular formula is C23H38N4O5S. The minimum absolute atomic E-state index is 0. The number of rotatable bonds is 7. The molecule has 0 bridgehead atoms. The van der Waals surface area contributed by atoms with Crippen LogP contribution in [-0.2, 0) is 14.4 Å². The van der Waals surface area contributed by atoms with Gasteiger partial charge in [0.15, 0.2) is 0 Å². The maximum atomic E-state index is 13.2. The van der Waals surface area contributed by atoms with Gasteiger partial charge >= 0.3 is 5.97 Å². The number of carbonyl (C=O) groups is 3. The van der Waals surface area contributed by atoms with E-state index in [9.17, 15) is 24.6 Å². The Hall–Kier alpha value is -1.62. The lowest BCUT2D eigenvalue weighted by molar-refractivity contribution is -0.163. The van der Waals surface area contributed by atoms with Gasteiger partial charge in [0.05, 0.1) is 24.1 Å². The predicted octanol–water partition coefficient (Wildman–Crippen LogP) is 0.650. The molecule has 10 heteroatoms. The molecule has 5 unspecified atom stereocenters. The van der Waals surface area contributed by atoms with Crippen LogP contribution in [0.1, 0.15) is 34.1 Å². The van der Waals surface area contributed by atoms with E-state index in [0.717, 1.165) is 26.1 Å². The fourth-order valence-electron chi connectivity index (χ4n) is 5.88. The molecular weight excluding hydrogens is 444 g/mol. The molecule has 4 aliphatic heterocycles. The Kier molecular flexibility index (Phi) is 7.82. The summed E-state index contributed by atoms with van der Waals surface area (Å²) in [6.07, 6.45) is 0.871. The van der Waals surface area contributed by atoms with Crippen LogP contribution in [0, 0.1) is 17.8 Å². The molecule has 3 saturated heterocycles. The number of likely N-dealkylation sites (N-methyl/N-ethyl adjacent to an activating group) is 1. The van der Waals surface area contributed by atoms with Crippen molar-refractivity contribution in [2.45, 2.75) is 57.6 Å². The van der Waals surface area contributed by atoms with E-state index in [1.165, 1.54) is 16.7 Å². The Morgan fingerprint density at radius 2 is 2.00 bits per heavy atom. The number of hydrogen-bond acceptors (Lipinski definition) is 7. The van der Waals surface area contributed by atoms with Crippen LogP contribution in [0.4, 0.5) is 0 Å². The molecule has 9 nitrogen and oxygen atoms in total. The molecule has 186 valence electrons. The first-order valence-corrected chi connectivity index (χ1v) is 12.3. The number of likely N-dealkylation sites (tertiary alicyclic amines) is 2. The van der Waals surface area contributed by atoms with E-state index in [1.807, 2.05) is 25.9 Å². The van der Waals surface area contributed by atoms with E-state index >= 15 is 0 Å². The summed E-state index contributed by atoms with van der Waals surface area (Å²) < 4.78 is 0. The maximum Gasteiger partial charge on any atom is 0.353 e. The zero-order chi connectivity index (χ0) is 23.3. The molecule has 4 aliphatic rings. The van der Waals surface area contributed by atoms with Crippen LogP contribution in [0.2, 0.25) is 0 Å². The van der Waals surface area contributed by atoms with Crippen LogP contribution in [-0.4, -0.2) is 106 Å². The number of carboxylic acids is 1. The highest BCUT2D eigenvalue weighted by Gasteiger charge is 2.60. The zero-order valence-corrected chi connectivity index (χ0v) is 20.0. The molecule has 3 fully saturated rings. The van der Waals surface area contributed by atoms with Crippen LogP contribution < -0.4 is 5.32 Å². The number of carbonyl (C=O) groups excluding carboxylic acids is 2. The molecule has 0 aromatic heterocycles. The lowest BCUT2D eigenvalue weighted by Gasteiger charge is -2.46. The normalized spacial score (nSPS) is 34.9. The number of aliphatic carboxylic acids is 1. The first kappa shape index (κ1) is 26.0. The minimum Gasteiger partial charge on any atom is -0.477 e. The first-order valence-electron chi connectivity index (χ1n) is 11.4. The molecule has 4 rings (SSSR count). The van der Waals surface area contributed by atoms with Crippen LogP contribution in [0.25, 0.3) is 0 Å². The van der Waals surface area contributed by atoms with E-state index in [2.05, 4.69) is 10.2 Å². The van der Waals surface area contributed by atoms with Gasteiger partial charge in [0.2, 0.25) is 11.8 Å². The largest absolute Gasteiger partial charge is 0.477 e. The van der Waals surface area contributed by atoms with Crippen molar-refractivity contribution in [2.24, 2.45) is 17.8 Å². The lowest BCUT2D eigenvalue weighted by Crippen LogP contribution is -2.63. The van der Waals surface area contributed by atoms with E-state index in [0.29, 0.717) is 23.8 Å². The fraction of sp³-hybridized carbons (Fsp3) is 0.783. The second-order valence-electron chi connectivity index (χ2n) is 9.70. The number of thioether (sulfide) groups is 1. The molecule has 0 radical (unpaired) electrons. The molecule has 7 atom stereocenters. The van der Waals surface area contributed by atoms with Gasteiger partial charge in [0, 0.05) is 35.7 Å². The monoisotopic (exact) mass is 482 g/mol. The van der Waals surface area contributed by atoms with Gasteiger partial charge in [-0.3, -0.25) is 14.5 Å². The van der Waals surface area contributed by atoms with Crippen LogP contribution in [0.3, 0.4) is 0 Å². The topological polar surface area (TPSA) is 113 Å². The van der Waals surface area contributed by atoms with Crippen molar-refractivity contribution in [2.75, 3.05) is 40.3 Å². The number of β-lactam (4-membered cyclic amide) rings is 1. The van der Waals surface area contributed by atoms with E-state index in [4.69, 9.17) is 0 Å². The first-order chi connectivity index (χ1) is 15.1. The minimum atomic E-state index is -1.11. The number of aliphatic hydroxyl groups is 1. The van der Waals surface area contributed by atoms with Crippen LogP contribution >= 0.6 is 11.8 Å². The van der Waals surface area contributed by atoms with Crippen molar-refractivity contribution in [1.82, 2.24) is 20.0 Å². The summed E-state index contributed by atoms with van der Waals surface area (Å²) in [7, 11) is 3.88. The van der Waals surface area contributed by atoms with Crippen molar-refractivity contribution in [3.8, 4) is 0 Å².